The Hall–Kier alpha value is -2.07. The maximum absolute atomic E-state index is 14.0. The zero-order valence-corrected chi connectivity index (χ0v) is 18.1. The predicted octanol–water partition coefficient (Wildman–Crippen LogP) is 3.62. The number of nitrogens with one attached hydrogen (secondary N) is 3. The van der Waals surface area contributed by atoms with Gasteiger partial charge in [-0.25, -0.2) is 13.2 Å². The lowest BCUT2D eigenvalue weighted by Crippen LogP contribution is -2.36. The number of hydrogen-bond donors (Lipinski definition) is 3. The molecule has 1 aromatic carbocycles. The van der Waals surface area contributed by atoms with Gasteiger partial charge in [-0.1, -0.05) is 17.7 Å². The van der Waals surface area contributed by atoms with Crippen LogP contribution in [0.25, 0.3) is 0 Å². The molecule has 0 aliphatic carbocycles. The van der Waals surface area contributed by atoms with Crippen molar-refractivity contribution in [1.29, 1.82) is 5.41 Å². The lowest BCUT2D eigenvalue weighted by Gasteiger charge is -2.22. The molecule has 158 valence electrons. The number of nitrogens with zero attached hydrogens (tertiary/aromatic N) is 1. The molecule has 1 heterocycles. The third-order valence-corrected chi connectivity index (χ3v) is 5.82. The Labute approximate surface area is 179 Å². The van der Waals surface area contributed by atoms with Crippen LogP contribution in [-0.2, 0) is 15.5 Å². The second-order valence-electron chi connectivity index (χ2n) is 6.63. The third kappa shape index (κ3) is 4.75. The summed E-state index contributed by atoms with van der Waals surface area (Å²) in [6.45, 7) is 0.649. The maximum atomic E-state index is 14.0. The summed E-state index contributed by atoms with van der Waals surface area (Å²) in [7, 11) is 3.03. The lowest BCUT2D eigenvalue weighted by molar-refractivity contribution is -0.135. The molecule has 11 heteroatoms. The van der Waals surface area contributed by atoms with E-state index in [4.69, 9.17) is 17.0 Å². The maximum Gasteiger partial charge on any atom is 0.275 e. The Morgan fingerprint density at radius 2 is 2.03 bits per heavy atom. The molecule has 0 aromatic heterocycles. The quantitative estimate of drug-likeness (QED) is 0.416. The van der Waals surface area contributed by atoms with Crippen molar-refractivity contribution in [2.75, 3.05) is 26.0 Å². The van der Waals surface area contributed by atoms with Crippen LogP contribution in [0.1, 0.15) is 12.5 Å². The molecule has 0 radical (unpaired) electrons. The van der Waals surface area contributed by atoms with Crippen LogP contribution < -0.4 is 10.6 Å². The summed E-state index contributed by atoms with van der Waals surface area (Å²) in [4.78, 5) is 26.8. The summed E-state index contributed by atoms with van der Waals surface area (Å²) in [6.07, 6.45) is 0. The molecule has 6 nitrogen and oxygen atoms in total. The number of rotatable bonds is 6. The number of likely N-dealkylation sites (tertiary alicyclic amines) is 1. The molecule has 0 unspecified atom stereocenters. The Balaban J connectivity index is 2.46. The van der Waals surface area contributed by atoms with Crippen molar-refractivity contribution in [2.24, 2.45) is 11.8 Å². The highest BCUT2D eigenvalue weighted by molar-refractivity contribution is 9.12. The van der Waals surface area contributed by atoms with E-state index in [0.29, 0.717) is 12.6 Å². The van der Waals surface area contributed by atoms with Gasteiger partial charge in [-0.15, -0.1) is 0 Å². The van der Waals surface area contributed by atoms with Crippen LogP contribution in [-0.4, -0.2) is 42.5 Å². The van der Waals surface area contributed by atoms with Gasteiger partial charge >= 0.3 is 0 Å². The number of anilines is 1. The standard InChI is InChI=1S/C18H19BrClF3N4O2/c1-18(22,23)12-9(21)5-4-6-10(12)26-16(28)11-8(7-27(3)17(11)29)14(25-2)13(19)15(20)24/h4-6,8,11,24-25H,7H2,1-3H3,(H,26,28)/b14-13-,24-15?/t8-,11-/m0/s1. The van der Waals surface area contributed by atoms with Crippen molar-refractivity contribution in [2.45, 2.75) is 12.8 Å². The van der Waals surface area contributed by atoms with Crippen molar-refractivity contribution in [1.82, 2.24) is 10.2 Å². The summed E-state index contributed by atoms with van der Waals surface area (Å²) in [5.74, 6) is -8.14. The van der Waals surface area contributed by atoms with Crippen LogP contribution in [0.4, 0.5) is 18.9 Å². The molecule has 1 aliphatic heterocycles. The molecule has 0 bridgehead atoms. The molecule has 1 aliphatic rings. The zero-order chi connectivity index (χ0) is 22.1. The van der Waals surface area contributed by atoms with Gasteiger partial charge in [0.25, 0.3) is 5.92 Å². The Bertz CT molecular complexity index is 888. The van der Waals surface area contributed by atoms with Crippen LogP contribution in [0.3, 0.4) is 0 Å². The van der Waals surface area contributed by atoms with Gasteiger partial charge < -0.3 is 15.5 Å². The number of benzene rings is 1. The summed E-state index contributed by atoms with van der Waals surface area (Å²) in [6, 6.07) is 3.19. The van der Waals surface area contributed by atoms with E-state index in [1.807, 2.05) is 0 Å². The first-order valence-electron chi connectivity index (χ1n) is 8.44. The summed E-state index contributed by atoms with van der Waals surface area (Å²) < 4.78 is 41.9. The minimum absolute atomic E-state index is 0.131. The molecule has 1 fully saturated rings. The van der Waals surface area contributed by atoms with E-state index in [0.717, 1.165) is 12.1 Å². The molecule has 0 saturated carbocycles. The van der Waals surface area contributed by atoms with Crippen molar-refractivity contribution < 1.29 is 22.8 Å². The highest BCUT2D eigenvalue weighted by Crippen LogP contribution is 2.37. The molecular weight excluding hydrogens is 477 g/mol. The highest BCUT2D eigenvalue weighted by Gasteiger charge is 2.46. The Morgan fingerprint density at radius 1 is 1.41 bits per heavy atom. The van der Waals surface area contributed by atoms with Gasteiger partial charge in [0.15, 0.2) is 0 Å². The van der Waals surface area contributed by atoms with Crippen molar-refractivity contribution >= 4 is 50.2 Å². The molecule has 3 N–H and O–H groups in total. The van der Waals surface area contributed by atoms with E-state index in [-0.39, 0.29) is 16.2 Å². The summed E-state index contributed by atoms with van der Waals surface area (Å²) in [5, 5.41) is 12.3. The van der Waals surface area contributed by atoms with Crippen LogP contribution >= 0.6 is 27.5 Å². The van der Waals surface area contributed by atoms with E-state index >= 15 is 0 Å². The summed E-state index contributed by atoms with van der Waals surface area (Å²) >= 11 is 8.87. The fourth-order valence-corrected chi connectivity index (χ4v) is 3.91. The first kappa shape index (κ1) is 23.2. The number of alkyl halides is 2. The predicted molar refractivity (Wildman–Crippen MR) is 108 cm³/mol. The monoisotopic (exact) mass is 494 g/mol. The fraction of sp³-hybridized carbons (Fsp3) is 0.389. The van der Waals surface area contributed by atoms with Gasteiger partial charge in [0.2, 0.25) is 11.8 Å². The Morgan fingerprint density at radius 3 is 2.55 bits per heavy atom. The average molecular weight is 496 g/mol. The number of carbonyl (C=O) groups excluding carboxylic acids is 2. The molecular formula is C18H19BrClF3N4O2. The average Bonchev–Trinajstić information content (AvgIpc) is 2.89. The second-order valence-corrected chi connectivity index (χ2v) is 7.81. The largest absolute Gasteiger partial charge is 0.390 e. The van der Waals surface area contributed by atoms with Crippen molar-refractivity contribution in [3.63, 3.8) is 0 Å². The summed E-state index contributed by atoms with van der Waals surface area (Å²) in [5.41, 5.74) is -1.04. The molecule has 2 atom stereocenters. The Kier molecular flexibility index (Phi) is 7.00. The van der Waals surface area contributed by atoms with E-state index in [2.05, 4.69) is 26.6 Å². The number of hydrogen-bond acceptors (Lipinski definition) is 4. The van der Waals surface area contributed by atoms with Gasteiger partial charge in [0.1, 0.15) is 16.9 Å². The number of halogens is 5. The first-order valence-corrected chi connectivity index (χ1v) is 9.61. The normalized spacial score (nSPS) is 20.4. The van der Waals surface area contributed by atoms with Gasteiger partial charge in [0.05, 0.1) is 15.7 Å². The molecule has 0 spiro atoms. The van der Waals surface area contributed by atoms with Gasteiger partial charge in [-0.05, 0) is 28.1 Å². The number of carbonyl (C=O) groups is 2. The fourth-order valence-electron chi connectivity index (χ4n) is 3.31. The number of amides is 2. The van der Waals surface area contributed by atoms with E-state index in [1.165, 1.54) is 25.1 Å². The smallest absolute Gasteiger partial charge is 0.275 e. The van der Waals surface area contributed by atoms with Crippen LogP contribution in [0.2, 0.25) is 0 Å². The molecule has 29 heavy (non-hydrogen) atoms. The lowest BCUT2D eigenvalue weighted by atomic mass is 9.90. The van der Waals surface area contributed by atoms with E-state index in [1.54, 1.807) is 0 Å². The topological polar surface area (TPSA) is 85.3 Å². The van der Waals surface area contributed by atoms with Crippen molar-refractivity contribution in [3.8, 4) is 0 Å². The zero-order valence-electron chi connectivity index (χ0n) is 15.7. The highest BCUT2D eigenvalue weighted by atomic mass is 79.9. The molecule has 2 rings (SSSR count). The van der Waals surface area contributed by atoms with Gasteiger partial charge in [-0.3, -0.25) is 15.0 Å². The minimum atomic E-state index is -3.55. The van der Waals surface area contributed by atoms with Gasteiger partial charge in [-0.2, -0.15) is 0 Å². The minimum Gasteiger partial charge on any atom is -0.390 e. The first-order chi connectivity index (χ1) is 13.4. The third-order valence-electron chi connectivity index (χ3n) is 4.58. The molecule has 1 aromatic rings. The van der Waals surface area contributed by atoms with Crippen molar-refractivity contribution in [3.05, 3.63) is 39.8 Å². The molecule has 1 saturated heterocycles. The van der Waals surface area contributed by atoms with Crippen LogP contribution in [0.5, 0.6) is 0 Å². The number of allylic oxidation sites excluding steroid dienone is 1. The van der Waals surface area contributed by atoms with Gasteiger partial charge in [0, 0.05) is 39.2 Å². The van der Waals surface area contributed by atoms with Crippen LogP contribution in [0.15, 0.2) is 28.4 Å². The van der Waals surface area contributed by atoms with Crippen LogP contribution in [0, 0.1) is 23.1 Å². The SMILES string of the molecule is CN/C(=C(\Br)C(=N)Cl)[C@H]1CN(C)C(=O)[C@@H]1C(=O)Nc1cccc(F)c1C(C)(F)F. The molecule has 2 amide bonds. The van der Waals surface area contributed by atoms with E-state index < -0.39 is 46.6 Å². The second kappa shape index (κ2) is 8.74. The van der Waals surface area contributed by atoms with E-state index in [9.17, 15) is 22.8 Å².